The lowest BCUT2D eigenvalue weighted by Crippen LogP contribution is -2.16. The van der Waals surface area contributed by atoms with Gasteiger partial charge in [-0.1, -0.05) is 6.07 Å². The molecule has 16 heavy (non-hydrogen) atoms. The highest BCUT2D eigenvalue weighted by atomic mass is 32.1. The molecular weight excluding hydrogens is 231 g/mol. The van der Waals surface area contributed by atoms with Gasteiger partial charge in [0.2, 0.25) is 4.77 Å². The van der Waals surface area contributed by atoms with E-state index in [4.69, 9.17) is 17.5 Å². The van der Waals surface area contributed by atoms with Crippen molar-refractivity contribution in [1.29, 1.82) is 5.26 Å². The lowest BCUT2D eigenvalue weighted by atomic mass is 10.2. The van der Waals surface area contributed by atoms with Gasteiger partial charge in [-0.15, -0.1) is 0 Å². The molecule has 2 aromatic rings. The zero-order chi connectivity index (χ0) is 11.7. The van der Waals surface area contributed by atoms with Crippen molar-refractivity contribution >= 4 is 12.2 Å². The van der Waals surface area contributed by atoms with Crippen molar-refractivity contribution in [3.8, 4) is 11.8 Å². The summed E-state index contributed by atoms with van der Waals surface area (Å²) in [5.41, 5.74) is -0.647. The highest BCUT2D eigenvalue weighted by Crippen LogP contribution is 2.15. The molecule has 0 amide bonds. The number of nitriles is 1. The van der Waals surface area contributed by atoms with Crippen LogP contribution in [0.15, 0.2) is 23.0 Å². The third-order valence-electron chi connectivity index (χ3n) is 2.03. The number of hydrogen-bond acceptors (Lipinski definition) is 3. The monoisotopic (exact) mass is 236 g/mol. The highest BCUT2D eigenvalue weighted by molar-refractivity contribution is 7.71. The minimum atomic E-state index is -0.692. The number of halogens is 1. The average molecular weight is 236 g/mol. The molecule has 0 aliphatic rings. The summed E-state index contributed by atoms with van der Waals surface area (Å²) in [5.74, 6) is -0.692. The zero-order valence-corrected chi connectivity index (χ0v) is 8.64. The van der Waals surface area contributed by atoms with E-state index in [1.165, 1.54) is 12.1 Å². The largest absolute Gasteiger partial charge is 0.347 e. The van der Waals surface area contributed by atoms with Crippen LogP contribution in [0.25, 0.3) is 5.69 Å². The molecular formula is C9H5FN4OS. The van der Waals surface area contributed by atoms with Gasteiger partial charge in [0, 0.05) is 0 Å². The Balaban J connectivity index is 2.86. The Labute approximate surface area is 93.8 Å². The third-order valence-corrected chi connectivity index (χ3v) is 2.31. The van der Waals surface area contributed by atoms with E-state index < -0.39 is 11.5 Å². The molecule has 0 spiro atoms. The Morgan fingerprint density at radius 3 is 2.75 bits per heavy atom. The summed E-state index contributed by atoms with van der Waals surface area (Å²) in [6.07, 6.45) is 0. The van der Waals surface area contributed by atoms with Crippen molar-refractivity contribution in [2.24, 2.45) is 0 Å². The van der Waals surface area contributed by atoms with Crippen molar-refractivity contribution in [3.63, 3.8) is 0 Å². The van der Waals surface area contributed by atoms with Crippen molar-refractivity contribution < 1.29 is 4.39 Å². The summed E-state index contributed by atoms with van der Waals surface area (Å²) in [7, 11) is 0. The molecule has 1 aromatic carbocycles. The van der Waals surface area contributed by atoms with E-state index in [0.29, 0.717) is 0 Å². The first-order chi connectivity index (χ1) is 7.65. The fraction of sp³-hybridized carbons (Fsp3) is 0. The molecule has 0 saturated carbocycles. The third kappa shape index (κ3) is 1.45. The number of hydrogen-bond donors (Lipinski definition) is 2. The molecule has 0 aliphatic heterocycles. The molecule has 0 saturated heterocycles. The summed E-state index contributed by atoms with van der Waals surface area (Å²) in [6.45, 7) is 0. The van der Waals surface area contributed by atoms with Crippen molar-refractivity contribution in [2.75, 3.05) is 0 Å². The number of aromatic nitrogens is 3. The number of nitrogens with one attached hydrogen (secondary N) is 2. The second-order valence-corrected chi connectivity index (χ2v) is 3.33. The maximum atomic E-state index is 13.3. The topological polar surface area (TPSA) is 77.4 Å². The molecule has 0 radical (unpaired) electrons. The Bertz CT molecular complexity index is 663. The minimum absolute atomic E-state index is 0.0760. The van der Waals surface area contributed by atoms with Gasteiger partial charge in [0.1, 0.15) is 17.4 Å². The molecule has 0 unspecified atom stereocenters. The summed E-state index contributed by atoms with van der Waals surface area (Å²) >= 11 is 4.85. The van der Waals surface area contributed by atoms with Gasteiger partial charge < -0.3 is 0 Å². The predicted octanol–water partition coefficient (Wildman–Crippen LogP) is 1.23. The van der Waals surface area contributed by atoms with Gasteiger partial charge in [0.05, 0.1) is 5.69 Å². The summed E-state index contributed by atoms with van der Waals surface area (Å²) < 4.78 is 14.4. The maximum Gasteiger partial charge on any atom is 0.347 e. The molecule has 2 rings (SSSR count). The van der Waals surface area contributed by atoms with E-state index in [1.807, 2.05) is 0 Å². The summed E-state index contributed by atoms with van der Waals surface area (Å²) in [6, 6.07) is 5.69. The van der Waals surface area contributed by atoms with E-state index in [0.717, 1.165) is 10.6 Å². The van der Waals surface area contributed by atoms with Crippen LogP contribution in [-0.4, -0.2) is 14.8 Å². The Morgan fingerprint density at radius 1 is 1.44 bits per heavy atom. The van der Waals surface area contributed by atoms with E-state index in [-0.39, 0.29) is 16.0 Å². The van der Waals surface area contributed by atoms with E-state index >= 15 is 0 Å². The van der Waals surface area contributed by atoms with Crippen molar-refractivity contribution in [3.05, 3.63) is 44.8 Å². The number of benzene rings is 1. The quantitative estimate of drug-likeness (QED) is 0.731. The molecule has 2 N–H and O–H groups in total. The lowest BCUT2D eigenvalue weighted by Gasteiger charge is -2.03. The van der Waals surface area contributed by atoms with Crippen LogP contribution in [0, 0.1) is 21.9 Å². The molecule has 0 fully saturated rings. The van der Waals surface area contributed by atoms with E-state index in [2.05, 4.69) is 10.2 Å². The van der Waals surface area contributed by atoms with Gasteiger partial charge in [-0.2, -0.15) is 5.26 Å². The van der Waals surface area contributed by atoms with Crippen LogP contribution in [-0.2, 0) is 0 Å². The molecule has 0 bridgehead atoms. The van der Waals surface area contributed by atoms with Crippen LogP contribution < -0.4 is 5.69 Å². The van der Waals surface area contributed by atoms with Gasteiger partial charge in [0.25, 0.3) is 0 Å². The SMILES string of the molecule is N#Cc1c(F)cccc1-n1c(=O)[nH][nH]c1=S. The first-order valence-electron chi connectivity index (χ1n) is 4.24. The molecule has 0 aliphatic carbocycles. The van der Waals surface area contributed by atoms with Crippen molar-refractivity contribution in [2.45, 2.75) is 0 Å². The van der Waals surface area contributed by atoms with Crippen LogP contribution in [0.2, 0.25) is 0 Å². The first-order valence-corrected chi connectivity index (χ1v) is 4.64. The smallest absolute Gasteiger partial charge is 0.272 e. The second kappa shape index (κ2) is 3.75. The molecule has 1 heterocycles. The minimum Gasteiger partial charge on any atom is -0.272 e. The predicted molar refractivity (Wildman–Crippen MR) is 56.2 cm³/mol. The fourth-order valence-corrected chi connectivity index (χ4v) is 1.57. The molecule has 7 heteroatoms. The Hall–Kier alpha value is -2.20. The number of rotatable bonds is 1. The lowest BCUT2D eigenvalue weighted by molar-refractivity contribution is 0.622. The van der Waals surface area contributed by atoms with E-state index in [9.17, 15) is 9.18 Å². The van der Waals surface area contributed by atoms with E-state index in [1.54, 1.807) is 6.07 Å². The number of aromatic amines is 2. The van der Waals surface area contributed by atoms with Crippen LogP contribution >= 0.6 is 12.2 Å². The average Bonchev–Trinajstić information content (AvgIpc) is 2.58. The zero-order valence-electron chi connectivity index (χ0n) is 7.82. The van der Waals surface area contributed by atoms with Gasteiger partial charge in [-0.3, -0.25) is 5.10 Å². The molecule has 80 valence electrons. The summed E-state index contributed by atoms with van der Waals surface area (Å²) in [5, 5.41) is 13.5. The second-order valence-electron chi connectivity index (χ2n) is 2.94. The number of nitrogens with zero attached hydrogens (tertiary/aromatic N) is 2. The van der Waals surface area contributed by atoms with Crippen LogP contribution in [0.3, 0.4) is 0 Å². The first kappa shape index (κ1) is 10.3. The van der Waals surface area contributed by atoms with Crippen LogP contribution in [0.5, 0.6) is 0 Å². The van der Waals surface area contributed by atoms with Gasteiger partial charge >= 0.3 is 5.69 Å². The Morgan fingerprint density at radius 2 is 2.19 bits per heavy atom. The standard InChI is InChI=1S/C9H5FN4OS/c10-6-2-1-3-7(5(6)4-11)14-8(15)12-13-9(14)16/h1-3H,(H,12,15)(H,13,16). The maximum absolute atomic E-state index is 13.3. The van der Waals surface area contributed by atoms with Gasteiger partial charge in [0.15, 0.2) is 0 Å². The molecule has 1 aromatic heterocycles. The Kier molecular flexibility index (Phi) is 2.42. The van der Waals surface area contributed by atoms with Gasteiger partial charge in [-0.25, -0.2) is 18.9 Å². The molecule has 5 nitrogen and oxygen atoms in total. The fourth-order valence-electron chi connectivity index (χ4n) is 1.34. The van der Waals surface area contributed by atoms with Crippen LogP contribution in [0.4, 0.5) is 4.39 Å². The van der Waals surface area contributed by atoms with Crippen LogP contribution in [0.1, 0.15) is 5.56 Å². The normalized spacial score (nSPS) is 10.0. The number of H-pyrrole nitrogens is 2. The highest BCUT2D eigenvalue weighted by Gasteiger charge is 2.12. The van der Waals surface area contributed by atoms with Gasteiger partial charge in [-0.05, 0) is 24.4 Å². The van der Waals surface area contributed by atoms with Crippen molar-refractivity contribution in [1.82, 2.24) is 14.8 Å². The molecule has 0 atom stereocenters. The summed E-state index contributed by atoms with van der Waals surface area (Å²) in [4.78, 5) is 11.4.